The lowest BCUT2D eigenvalue weighted by Gasteiger charge is -2.34. The van der Waals surface area contributed by atoms with Crippen LogP contribution < -0.4 is 0 Å². The van der Waals surface area contributed by atoms with Crippen molar-refractivity contribution in [3.8, 4) is 0 Å². The van der Waals surface area contributed by atoms with Crippen molar-refractivity contribution in [3.05, 3.63) is 0 Å². The van der Waals surface area contributed by atoms with E-state index in [9.17, 15) is 30.7 Å². The Morgan fingerprint density at radius 1 is 0.824 bits per heavy atom. The van der Waals surface area contributed by atoms with Gasteiger partial charge in [-0.2, -0.15) is 30.7 Å². The largest absolute Gasteiger partial charge is 0.459 e. The molecule has 17 heavy (non-hydrogen) atoms. The van der Waals surface area contributed by atoms with Gasteiger partial charge in [-0.3, -0.25) is 0 Å². The Bertz CT molecular complexity index is 255. The zero-order valence-corrected chi connectivity index (χ0v) is 11.3. The van der Waals surface area contributed by atoms with Gasteiger partial charge in [0.05, 0.1) is 0 Å². The molecule has 0 aliphatic heterocycles. The van der Waals surface area contributed by atoms with Crippen LogP contribution in [0.1, 0.15) is 33.1 Å². The predicted molar refractivity (Wildman–Crippen MR) is 57.9 cm³/mol. The van der Waals surface area contributed by atoms with E-state index in [2.05, 4.69) is 0 Å². The van der Waals surface area contributed by atoms with Gasteiger partial charge in [0.2, 0.25) is 0 Å². The van der Waals surface area contributed by atoms with Crippen LogP contribution in [0.4, 0.5) is 30.7 Å². The van der Waals surface area contributed by atoms with Gasteiger partial charge < -0.3 is 0 Å². The molecule has 0 nitrogen and oxygen atoms in total. The molecule has 0 saturated carbocycles. The van der Waals surface area contributed by atoms with Gasteiger partial charge in [-0.25, -0.2) is 0 Å². The zero-order chi connectivity index (χ0) is 14.1. The van der Waals surface area contributed by atoms with Crippen LogP contribution in [0.25, 0.3) is 0 Å². The second-order valence-electron chi connectivity index (χ2n) is 3.81. The third-order valence-electron chi connectivity index (χ3n) is 2.62. The van der Waals surface area contributed by atoms with Crippen LogP contribution in [0.3, 0.4) is 0 Å². The Kier molecular flexibility index (Phi) is 5.16. The van der Waals surface area contributed by atoms with Crippen molar-refractivity contribution < 1.29 is 30.7 Å². The first kappa shape index (κ1) is 17.2. The third kappa shape index (κ3) is 3.60. The molecular formula is C9H12F7I. The molecule has 0 aliphatic rings. The molecule has 0 rings (SSSR count). The average Bonchev–Trinajstić information content (AvgIpc) is 2.15. The summed E-state index contributed by atoms with van der Waals surface area (Å²) in [6, 6.07) is 0. The molecule has 0 aromatic heterocycles. The number of alkyl halides is 8. The highest BCUT2D eigenvalue weighted by Gasteiger charge is 2.73. The molecule has 0 spiro atoms. The lowest BCUT2D eigenvalue weighted by atomic mass is 9.92. The molecular weight excluding hydrogens is 368 g/mol. The fraction of sp³-hybridized carbons (Fsp3) is 1.00. The summed E-state index contributed by atoms with van der Waals surface area (Å²) in [7, 11) is 0. The van der Waals surface area contributed by atoms with E-state index in [0.717, 1.165) is 0 Å². The molecule has 0 N–H and O–H groups in total. The standard InChI is InChI=1S/C9H12F7I/c1-3-6(17,4-2)5-7(10,11)8(12,13)9(14,15)16/h3-5H2,1-2H3. The van der Waals surface area contributed by atoms with E-state index in [4.69, 9.17) is 0 Å². The molecule has 0 aromatic rings. The number of hydrogen-bond donors (Lipinski definition) is 0. The molecule has 0 amide bonds. The first-order valence-corrected chi connectivity index (χ1v) is 5.92. The molecule has 0 aromatic carbocycles. The highest BCUT2D eigenvalue weighted by Crippen LogP contribution is 2.51. The van der Waals surface area contributed by atoms with E-state index in [0.29, 0.717) is 0 Å². The minimum Gasteiger partial charge on any atom is -0.199 e. The SMILES string of the molecule is CCC(I)(CC)CC(F)(F)C(F)(F)C(F)(F)F. The summed E-state index contributed by atoms with van der Waals surface area (Å²) < 4.78 is 85.8. The van der Waals surface area contributed by atoms with Gasteiger partial charge in [-0.15, -0.1) is 0 Å². The van der Waals surface area contributed by atoms with Crippen LogP contribution in [-0.2, 0) is 0 Å². The second kappa shape index (κ2) is 5.08. The van der Waals surface area contributed by atoms with Crippen LogP contribution in [0, 0.1) is 0 Å². The minimum absolute atomic E-state index is 0.0909. The molecule has 0 radical (unpaired) electrons. The highest BCUT2D eigenvalue weighted by molar-refractivity contribution is 14.1. The summed E-state index contributed by atoms with van der Waals surface area (Å²) >= 11 is 1.52. The molecule has 0 unspecified atom stereocenters. The van der Waals surface area contributed by atoms with Crippen molar-refractivity contribution in [1.29, 1.82) is 0 Å². The fourth-order valence-corrected chi connectivity index (χ4v) is 1.70. The van der Waals surface area contributed by atoms with E-state index in [1.165, 1.54) is 36.4 Å². The summed E-state index contributed by atoms with van der Waals surface area (Å²) in [6.45, 7) is 2.94. The van der Waals surface area contributed by atoms with Gasteiger partial charge >= 0.3 is 18.0 Å². The van der Waals surface area contributed by atoms with Gasteiger partial charge in [0.15, 0.2) is 0 Å². The maximum Gasteiger partial charge on any atom is 0.459 e. The van der Waals surface area contributed by atoms with E-state index in [-0.39, 0.29) is 12.8 Å². The Labute approximate surface area is 108 Å². The summed E-state index contributed by atoms with van der Waals surface area (Å²) in [4.78, 5) is 0. The van der Waals surface area contributed by atoms with E-state index < -0.39 is 27.9 Å². The topological polar surface area (TPSA) is 0 Å². The number of halogens is 8. The zero-order valence-electron chi connectivity index (χ0n) is 9.15. The van der Waals surface area contributed by atoms with Crippen molar-refractivity contribution >= 4 is 22.6 Å². The Balaban J connectivity index is 5.16. The fourth-order valence-electron chi connectivity index (χ4n) is 1.22. The van der Waals surface area contributed by atoms with E-state index >= 15 is 0 Å². The van der Waals surface area contributed by atoms with Crippen molar-refractivity contribution in [1.82, 2.24) is 0 Å². The molecule has 0 saturated heterocycles. The van der Waals surface area contributed by atoms with Crippen molar-refractivity contribution in [3.63, 3.8) is 0 Å². The van der Waals surface area contributed by atoms with E-state index in [1.807, 2.05) is 0 Å². The molecule has 8 heteroatoms. The van der Waals surface area contributed by atoms with Crippen molar-refractivity contribution in [2.24, 2.45) is 0 Å². The van der Waals surface area contributed by atoms with Gasteiger partial charge in [0.1, 0.15) is 0 Å². The predicted octanol–water partition coefficient (Wildman–Crippen LogP) is 5.20. The molecule has 0 aliphatic carbocycles. The first-order valence-electron chi connectivity index (χ1n) is 4.84. The summed E-state index contributed by atoms with van der Waals surface area (Å²) in [5.41, 5.74) is 0. The summed E-state index contributed by atoms with van der Waals surface area (Å²) in [5, 5.41) is 0. The van der Waals surface area contributed by atoms with Gasteiger partial charge in [-0.05, 0) is 12.8 Å². The Morgan fingerprint density at radius 3 is 1.41 bits per heavy atom. The maximum absolute atomic E-state index is 13.1. The summed E-state index contributed by atoms with van der Waals surface area (Å²) in [5.74, 6) is -11.1. The summed E-state index contributed by atoms with van der Waals surface area (Å²) in [6.07, 6.45) is -7.56. The van der Waals surface area contributed by atoms with Crippen LogP contribution in [-0.4, -0.2) is 21.4 Å². The number of rotatable bonds is 5. The molecule has 0 heterocycles. The molecule has 104 valence electrons. The third-order valence-corrected chi connectivity index (χ3v) is 4.53. The Morgan fingerprint density at radius 2 is 1.18 bits per heavy atom. The average molecular weight is 380 g/mol. The normalized spacial score (nSPS) is 15.2. The van der Waals surface area contributed by atoms with E-state index in [1.54, 1.807) is 0 Å². The first-order chi connectivity index (χ1) is 7.33. The monoisotopic (exact) mass is 380 g/mol. The van der Waals surface area contributed by atoms with Gasteiger partial charge in [0, 0.05) is 9.84 Å². The highest BCUT2D eigenvalue weighted by atomic mass is 127. The smallest absolute Gasteiger partial charge is 0.199 e. The second-order valence-corrected chi connectivity index (χ2v) is 6.10. The van der Waals surface area contributed by atoms with Crippen molar-refractivity contribution in [2.45, 2.75) is 54.6 Å². The van der Waals surface area contributed by atoms with Crippen LogP contribution in [0.2, 0.25) is 0 Å². The maximum atomic E-state index is 13.1. The minimum atomic E-state index is -6.24. The lowest BCUT2D eigenvalue weighted by Crippen LogP contribution is -2.54. The van der Waals surface area contributed by atoms with Crippen LogP contribution in [0.15, 0.2) is 0 Å². The van der Waals surface area contributed by atoms with Crippen LogP contribution in [0.5, 0.6) is 0 Å². The van der Waals surface area contributed by atoms with Gasteiger partial charge in [0.25, 0.3) is 0 Å². The van der Waals surface area contributed by atoms with Crippen LogP contribution >= 0.6 is 22.6 Å². The van der Waals surface area contributed by atoms with Gasteiger partial charge in [-0.1, -0.05) is 36.4 Å². The lowest BCUT2D eigenvalue weighted by molar-refractivity contribution is -0.356. The molecule has 0 fully saturated rings. The molecule has 0 bridgehead atoms. The van der Waals surface area contributed by atoms with Crippen molar-refractivity contribution in [2.75, 3.05) is 0 Å². The molecule has 0 atom stereocenters. The quantitative estimate of drug-likeness (QED) is 0.349. The Hall–Kier alpha value is 0.240. The number of hydrogen-bond acceptors (Lipinski definition) is 0.